The van der Waals surface area contributed by atoms with Gasteiger partial charge in [-0.1, -0.05) is 48.2 Å². The highest BCUT2D eigenvalue weighted by atomic mass is 32.2. The summed E-state index contributed by atoms with van der Waals surface area (Å²) in [5.74, 6) is -0.445. The number of fused-ring (bicyclic) bond motifs is 1. The molecule has 1 aromatic heterocycles. The number of phenolic OH excluding ortho intramolecular Hbond substituents is 1. The lowest BCUT2D eigenvalue weighted by molar-refractivity contribution is 0.0845. The van der Waals surface area contributed by atoms with Crippen LogP contribution in [0.3, 0.4) is 0 Å². The standard InChI is InChI=1S/C22H17N3O3S2/c26-18-7-3-1-5-16(18)21(28)25-24-20(27)15-11-9-14(10-12-15)13-29-22-23-17-6-2-4-8-19(17)30-22/h1-12,26H,13H2,(H,24,27)(H,25,28). The lowest BCUT2D eigenvalue weighted by Crippen LogP contribution is -2.41. The Bertz CT molecular complexity index is 1170. The molecular formula is C22H17N3O3S2. The summed E-state index contributed by atoms with van der Waals surface area (Å²) in [4.78, 5) is 28.9. The van der Waals surface area contributed by atoms with Gasteiger partial charge in [-0.05, 0) is 42.0 Å². The number of rotatable bonds is 5. The van der Waals surface area contributed by atoms with Gasteiger partial charge < -0.3 is 5.11 Å². The van der Waals surface area contributed by atoms with Gasteiger partial charge in [0.05, 0.1) is 15.8 Å². The number of carbonyl (C=O) groups is 2. The number of hydrogen-bond acceptors (Lipinski definition) is 6. The summed E-state index contributed by atoms with van der Waals surface area (Å²) in [6.45, 7) is 0. The maximum Gasteiger partial charge on any atom is 0.273 e. The summed E-state index contributed by atoms with van der Waals surface area (Å²) in [6.07, 6.45) is 0. The Hall–Kier alpha value is -3.36. The van der Waals surface area contributed by atoms with Gasteiger partial charge >= 0.3 is 0 Å². The second-order valence-electron chi connectivity index (χ2n) is 6.36. The summed E-state index contributed by atoms with van der Waals surface area (Å²) in [6, 6.07) is 21.3. The zero-order valence-corrected chi connectivity index (χ0v) is 17.3. The molecule has 6 nitrogen and oxygen atoms in total. The fourth-order valence-corrected chi connectivity index (χ4v) is 4.75. The van der Waals surface area contributed by atoms with E-state index in [-0.39, 0.29) is 11.3 Å². The van der Waals surface area contributed by atoms with Crippen LogP contribution in [-0.4, -0.2) is 21.9 Å². The lowest BCUT2D eigenvalue weighted by atomic mass is 10.1. The van der Waals surface area contributed by atoms with Crippen LogP contribution < -0.4 is 10.9 Å². The van der Waals surface area contributed by atoms with E-state index < -0.39 is 11.8 Å². The van der Waals surface area contributed by atoms with Crippen molar-refractivity contribution in [1.29, 1.82) is 0 Å². The number of hydrazine groups is 1. The smallest absolute Gasteiger partial charge is 0.273 e. The van der Waals surface area contributed by atoms with Crippen LogP contribution in [0.15, 0.2) is 77.1 Å². The molecule has 3 N–H and O–H groups in total. The summed E-state index contributed by atoms with van der Waals surface area (Å²) < 4.78 is 2.17. The van der Waals surface area contributed by atoms with E-state index >= 15 is 0 Å². The highest BCUT2D eigenvalue weighted by molar-refractivity contribution is 8.00. The molecule has 1 heterocycles. The van der Waals surface area contributed by atoms with Crippen LogP contribution in [0.4, 0.5) is 0 Å². The molecule has 0 radical (unpaired) electrons. The molecule has 0 saturated carbocycles. The molecule has 0 fully saturated rings. The Morgan fingerprint density at radius 3 is 2.37 bits per heavy atom. The van der Waals surface area contributed by atoms with Crippen molar-refractivity contribution in [2.24, 2.45) is 0 Å². The fraction of sp³-hybridized carbons (Fsp3) is 0.0455. The number of aromatic nitrogens is 1. The van der Waals surface area contributed by atoms with E-state index in [9.17, 15) is 14.7 Å². The fourth-order valence-electron chi connectivity index (χ4n) is 2.73. The normalized spacial score (nSPS) is 10.7. The first-order valence-electron chi connectivity index (χ1n) is 9.06. The van der Waals surface area contributed by atoms with E-state index in [4.69, 9.17) is 0 Å². The van der Waals surface area contributed by atoms with Crippen molar-refractivity contribution >= 4 is 45.1 Å². The van der Waals surface area contributed by atoms with Gasteiger partial charge in [0.1, 0.15) is 5.75 Å². The van der Waals surface area contributed by atoms with Crippen molar-refractivity contribution in [3.63, 3.8) is 0 Å². The molecule has 3 aromatic carbocycles. The van der Waals surface area contributed by atoms with Gasteiger partial charge in [0.25, 0.3) is 11.8 Å². The second-order valence-corrected chi connectivity index (χ2v) is 8.61. The van der Waals surface area contributed by atoms with Gasteiger partial charge in [0, 0.05) is 11.3 Å². The lowest BCUT2D eigenvalue weighted by Gasteiger charge is -2.09. The number of benzene rings is 3. The van der Waals surface area contributed by atoms with Crippen molar-refractivity contribution in [3.8, 4) is 5.75 Å². The molecule has 0 spiro atoms. The molecule has 4 aromatic rings. The number of thiazole rings is 1. The summed E-state index contributed by atoms with van der Waals surface area (Å²) in [7, 11) is 0. The van der Waals surface area contributed by atoms with Gasteiger partial charge in [-0.15, -0.1) is 11.3 Å². The monoisotopic (exact) mass is 435 g/mol. The van der Waals surface area contributed by atoms with E-state index in [1.165, 1.54) is 12.1 Å². The predicted molar refractivity (Wildman–Crippen MR) is 119 cm³/mol. The number of hydrogen-bond donors (Lipinski definition) is 3. The molecule has 0 aliphatic rings. The van der Waals surface area contributed by atoms with Crippen LogP contribution in [-0.2, 0) is 5.75 Å². The van der Waals surface area contributed by atoms with Gasteiger partial charge in [0.2, 0.25) is 0 Å². The Balaban J connectivity index is 1.32. The molecule has 0 saturated heterocycles. The zero-order valence-electron chi connectivity index (χ0n) is 15.7. The van der Waals surface area contributed by atoms with Crippen LogP contribution in [0, 0.1) is 0 Å². The molecule has 4 rings (SSSR count). The average Bonchev–Trinajstić information content (AvgIpc) is 3.19. The first kappa shape index (κ1) is 19.9. The SMILES string of the molecule is O=C(NNC(=O)c1ccccc1O)c1ccc(CSc2nc3ccccc3s2)cc1. The van der Waals surface area contributed by atoms with Crippen molar-refractivity contribution in [3.05, 3.63) is 89.5 Å². The molecule has 2 amide bonds. The Morgan fingerprint density at radius 1 is 0.900 bits per heavy atom. The zero-order chi connectivity index (χ0) is 20.9. The predicted octanol–water partition coefficient (Wildman–Crippen LogP) is 4.37. The van der Waals surface area contributed by atoms with Crippen LogP contribution >= 0.6 is 23.1 Å². The third kappa shape index (κ3) is 4.61. The van der Waals surface area contributed by atoms with Crippen molar-refractivity contribution in [1.82, 2.24) is 15.8 Å². The maximum absolute atomic E-state index is 12.3. The largest absolute Gasteiger partial charge is 0.507 e. The minimum Gasteiger partial charge on any atom is -0.507 e. The van der Waals surface area contributed by atoms with E-state index in [0.29, 0.717) is 5.56 Å². The van der Waals surface area contributed by atoms with Gasteiger partial charge in [-0.3, -0.25) is 20.4 Å². The minimum atomic E-state index is -0.592. The first-order chi connectivity index (χ1) is 14.6. The average molecular weight is 436 g/mol. The summed E-state index contributed by atoms with van der Waals surface area (Å²) >= 11 is 3.32. The first-order valence-corrected chi connectivity index (χ1v) is 10.9. The number of para-hydroxylation sites is 2. The molecule has 30 heavy (non-hydrogen) atoms. The third-order valence-electron chi connectivity index (χ3n) is 4.29. The summed E-state index contributed by atoms with van der Waals surface area (Å²) in [5.41, 5.74) is 7.22. The number of amides is 2. The number of nitrogens with zero attached hydrogens (tertiary/aromatic N) is 1. The van der Waals surface area contributed by atoms with E-state index in [0.717, 1.165) is 25.9 Å². The van der Waals surface area contributed by atoms with Crippen LogP contribution in [0.1, 0.15) is 26.3 Å². The number of phenols is 1. The van der Waals surface area contributed by atoms with Gasteiger partial charge in [-0.25, -0.2) is 4.98 Å². The third-order valence-corrected chi connectivity index (χ3v) is 6.54. The second kappa shape index (κ2) is 8.98. The summed E-state index contributed by atoms with van der Waals surface area (Å²) in [5, 5.41) is 9.69. The number of aromatic hydroxyl groups is 1. The topological polar surface area (TPSA) is 91.3 Å². The highest BCUT2D eigenvalue weighted by Gasteiger charge is 2.12. The number of carbonyl (C=O) groups excluding carboxylic acids is 2. The number of thioether (sulfide) groups is 1. The molecule has 0 aliphatic heterocycles. The molecular weight excluding hydrogens is 418 g/mol. The van der Waals surface area contributed by atoms with E-state index in [2.05, 4.69) is 21.9 Å². The molecule has 0 aliphatic carbocycles. The molecule has 0 unspecified atom stereocenters. The van der Waals surface area contributed by atoms with E-state index in [1.54, 1.807) is 47.4 Å². The Kier molecular flexibility index (Phi) is 5.97. The Morgan fingerprint density at radius 2 is 1.60 bits per heavy atom. The molecule has 0 atom stereocenters. The van der Waals surface area contributed by atoms with Crippen molar-refractivity contribution in [2.75, 3.05) is 0 Å². The van der Waals surface area contributed by atoms with Gasteiger partial charge in [0.15, 0.2) is 4.34 Å². The van der Waals surface area contributed by atoms with Gasteiger partial charge in [-0.2, -0.15) is 0 Å². The van der Waals surface area contributed by atoms with Crippen molar-refractivity contribution in [2.45, 2.75) is 10.1 Å². The number of nitrogens with one attached hydrogen (secondary N) is 2. The maximum atomic E-state index is 12.3. The molecule has 8 heteroatoms. The molecule has 150 valence electrons. The van der Waals surface area contributed by atoms with Crippen LogP contribution in [0.2, 0.25) is 0 Å². The highest BCUT2D eigenvalue weighted by Crippen LogP contribution is 2.31. The van der Waals surface area contributed by atoms with E-state index in [1.807, 2.05) is 30.3 Å². The van der Waals surface area contributed by atoms with Crippen LogP contribution in [0.5, 0.6) is 5.75 Å². The minimum absolute atomic E-state index is 0.0834. The Labute approximate surface area is 180 Å². The quantitative estimate of drug-likeness (QED) is 0.320. The van der Waals surface area contributed by atoms with Crippen LogP contribution in [0.25, 0.3) is 10.2 Å². The molecule has 0 bridgehead atoms. The van der Waals surface area contributed by atoms with Crippen molar-refractivity contribution < 1.29 is 14.7 Å².